The monoisotopic (exact) mass is 236 g/mol. The van der Waals surface area contributed by atoms with Gasteiger partial charge in [0.1, 0.15) is 5.56 Å². The number of carbonyl (C=O) groups is 1. The lowest BCUT2D eigenvalue weighted by atomic mass is 10.1. The highest BCUT2D eigenvalue weighted by molar-refractivity contribution is 5.93. The predicted molar refractivity (Wildman–Crippen MR) is 63.2 cm³/mol. The molecular weight excluding hydrogens is 220 g/mol. The van der Waals surface area contributed by atoms with Crippen molar-refractivity contribution >= 4 is 11.7 Å². The van der Waals surface area contributed by atoms with Crippen LogP contribution in [0.4, 0.5) is 5.69 Å². The molecule has 0 spiro atoms. The van der Waals surface area contributed by atoms with Gasteiger partial charge in [0.2, 0.25) is 0 Å². The number of aromatic nitrogens is 1. The molecule has 1 fully saturated rings. The van der Waals surface area contributed by atoms with E-state index in [1.54, 1.807) is 12.3 Å². The third-order valence-corrected chi connectivity index (χ3v) is 2.94. The summed E-state index contributed by atoms with van der Waals surface area (Å²) in [6.45, 7) is 2.43. The van der Waals surface area contributed by atoms with Gasteiger partial charge in [-0.15, -0.1) is 0 Å². The van der Waals surface area contributed by atoms with Crippen LogP contribution in [0.5, 0.6) is 0 Å². The van der Waals surface area contributed by atoms with E-state index in [-0.39, 0.29) is 5.56 Å². The molecule has 0 saturated carbocycles. The zero-order chi connectivity index (χ0) is 12.1. The molecule has 0 aromatic carbocycles. The van der Waals surface area contributed by atoms with Crippen molar-refractivity contribution in [3.8, 4) is 0 Å². The second kappa shape index (κ2) is 5.63. The molecule has 2 rings (SSSR count). The van der Waals surface area contributed by atoms with Gasteiger partial charge in [0.05, 0.1) is 5.69 Å². The quantitative estimate of drug-likeness (QED) is 0.812. The third-order valence-electron chi connectivity index (χ3n) is 2.94. The fourth-order valence-electron chi connectivity index (χ4n) is 1.94. The minimum Gasteiger partial charge on any atom is -0.478 e. The summed E-state index contributed by atoms with van der Waals surface area (Å²) in [5.41, 5.74) is 0.849. The number of hydrogen-bond donors (Lipinski definition) is 2. The normalized spacial score (nSPS) is 19.2. The first-order chi connectivity index (χ1) is 8.27. The summed E-state index contributed by atoms with van der Waals surface area (Å²) in [5, 5.41) is 12.1. The Morgan fingerprint density at radius 2 is 2.53 bits per heavy atom. The lowest BCUT2D eigenvalue weighted by Crippen LogP contribution is -2.11. The Hall–Kier alpha value is -1.62. The summed E-state index contributed by atoms with van der Waals surface area (Å²) in [7, 11) is 0. The van der Waals surface area contributed by atoms with Gasteiger partial charge < -0.3 is 15.2 Å². The highest BCUT2D eigenvalue weighted by Gasteiger charge is 2.15. The van der Waals surface area contributed by atoms with Gasteiger partial charge in [-0.25, -0.2) is 4.79 Å². The molecule has 5 nitrogen and oxygen atoms in total. The van der Waals surface area contributed by atoms with Crippen LogP contribution in [0.15, 0.2) is 18.5 Å². The first-order valence-corrected chi connectivity index (χ1v) is 5.76. The second-order valence-electron chi connectivity index (χ2n) is 4.17. The molecule has 2 heterocycles. The number of nitrogens with one attached hydrogen (secondary N) is 1. The molecule has 5 heteroatoms. The Labute approximate surface area is 99.8 Å². The number of hydrogen-bond acceptors (Lipinski definition) is 4. The molecule has 92 valence electrons. The van der Waals surface area contributed by atoms with E-state index < -0.39 is 5.97 Å². The van der Waals surface area contributed by atoms with Crippen molar-refractivity contribution in [1.82, 2.24) is 4.98 Å². The summed E-state index contributed by atoms with van der Waals surface area (Å²) >= 11 is 0. The third kappa shape index (κ3) is 3.17. The minimum atomic E-state index is -0.954. The minimum absolute atomic E-state index is 0.218. The molecule has 1 atom stereocenters. The standard InChI is InChI=1S/C12H16N2O3/c15-12(16)10-7-13-4-2-11(10)14-5-1-9-3-6-17-8-9/h2,4,7,9H,1,3,5-6,8H2,(H,13,14)(H,15,16). The lowest BCUT2D eigenvalue weighted by molar-refractivity contribution is 0.0697. The summed E-state index contributed by atoms with van der Waals surface area (Å²) in [6.07, 6.45) is 5.06. The Morgan fingerprint density at radius 3 is 3.24 bits per heavy atom. The molecule has 2 N–H and O–H groups in total. The SMILES string of the molecule is O=C(O)c1cnccc1NCCC1CCOC1. The molecule has 1 unspecified atom stereocenters. The zero-order valence-corrected chi connectivity index (χ0v) is 9.56. The summed E-state index contributed by atoms with van der Waals surface area (Å²) < 4.78 is 5.29. The molecule has 1 aromatic heterocycles. The number of carboxylic acids is 1. The lowest BCUT2D eigenvalue weighted by Gasteiger charge is -2.11. The fraction of sp³-hybridized carbons (Fsp3) is 0.500. The van der Waals surface area contributed by atoms with Crippen LogP contribution in [0.25, 0.3) is 0 Å². The molecule has 1 aromatic rings. The van der Waals surface area contributed by atoms with Crippen molar-refractivity contribution in [2.75, 3.05) is 25.1 Å². The first kappa shape index (κ1) is 11.9. The van der Waals surface area contributed by atoms with Crippen LogP contribution < -0.4 is 5.32 Å². The Kier molecular flexibility index (Phi) is 3.93. The molecule has 1 aliphatic heterocycles. The van der Waals surface area contributed by atoms with Gasteiger partial charge in [-0.3, -0.25) is 4.98 Å². The largest absolute Gasteiger partial charge is 0.478 e. The molecular formula is C12H16N2O3. The van der Waals surface area contributed by atoms with Crippen molar-refractivity contribution in [3.05, 3.63) is 24.0 Å². The predicted octanol–water partition coefficient (Wildman–Crippen LogP) is 1.62. The number of aromatic carboxylic acids is 1. The van der Waals surface area contributed by atoms with E-state index in [1.807, 2.05) is 0 Å². The van der Waals surface area contributed by atoms with Gasteiger partial charge in [0.25, 0.3) is 0 Å². The highest BCUT2D eigenvalue weighted by atomic mass is 16.5. The maximum atomic E-state index is 10.9. The van der Waals surface area contributed by atoms with Crippen molar-refractivity contribution in [2.24, 2.45) is 5.92 Å². The first-order valence-electron chi connectivity index (χ1n) is 5.76. The number of nitrogens with zero attached hydrogens (tertiary/aromatic N) is 1. The molecule has 1 saturated heterocycles. The van der Waals surface area contributed by atoms with Crippen LogP contribution in [-0.2, 0) is 4.74 Å². The topological polar surface area (TPSA) is 71.5 Å². The maximum absolute atomic E-state index is 10.9. The number of pyridine rings is 1. The second-order valence-corrected chi connectivity index (χ2v) is 4.17. The molecule has 1 aliphatic rings. The average Bonchev–Trinajstić information content (AvgIpc) is 2.82. The van der Waals surface area contributed by atoms with E-state index in [0.29, 0.717) is 11.6 Å². The fourth-order valence-corrected chi connectivity index (χ4v) is 1.94. The van der Waals surface area contributed by atoms with Crippen molar-refractivity contribution in [2.45, 2.75) is 12.8 Å². The Balaban J connectivity index is 1.87. The van der Waals surface area contributed by atoms with E-state index in [0.717, 1.165) is 32.6 Å². The van der Waals surface area contributed by atoms with Crippen molar-refractivity contribution in [3.63, 3.8) is 0 Å². The van der Waals surface area contributed by atoms with E-state index in [1.165, 1.54) is 6.20 Å². The number of ether oxygens (including phenoxy) is 1. The van der Waals surface area contributed by atoms with Crippen LogP contribution in [0, 0.1) is 5.92 Å². The maximum Gasteiger partial charge on any atom is 0.339 e. The Morgan fingerprint density at radius 1 is 1.65 bits per heavy atom. The van der Waals surface area contributed by atoms with E-state index >= 15 is 0 Å². The number of rotatable bonds is 5. The van der Waals surface area contributed by atoms with Gasteiger partial charge in [-0.2, -0.15) is 0 Å². The van der Waals surface area contributed by atoms with E-state index in [2.05, 4.69) is 10.3 Å². The van der Waals surface area contributed by atoms with Gasteiger partial charge in [-0.1, -0.05) is 0 Å². The van der Waals surface area contributed by atoms with Gasteiger partial charge >= 0.3 is 5.97 Å². The van der Waals surface area contributed by atoms with Crippen LogP contribution in [0.3, 0.4) is 0 Å². The smallest absolute Gasteiger partial charge is 0.339 e. The Bertz CT molecular complexity index is 389. The van der Waals surface area contributed by atoms with Crippen LogP contribution in [0.1, 0.15) is 23.2 Å². The summed E-state index contributed by atoms with van der Waals surface area (Å²) in [6, 6.07) is 1.69. The van der Waals surface area contributed by atoms with Crippen LogP contribution >= 0.6 is 0 Å². The van der Waals surface area contributed by atoms with E-state index in [9.17, 15) is 4.79 Å². The van der Waals surface area contributed by atoms with Crippen molar-refractivity contribution in [1.29, 1.82) is 0 Å². The van der Waals surface area contributed by atoms with Gasteiger partial charge in [0.15, 0.2) is 0 Å². The summed E-state index contributed by atoms with van der Waals surface area (Å²) in [5.74, 6) is -0.359. The van der Waals surface area contributed by atoms with Gasteiger partial charge in [-0.05, 0) is 24.8 Å². The number of anilines is 1. The zero-order valence-electron chi connectivity index (χ0n) is 9.56. The van der Waals surface area contributed by atoms with E-state index in [4.69, 9.17) is 9.84 Å². The van der Waals surface area contributed by atoms with Gasteiger partial charge in [0, 0.05) is 32.2 Å². The highest BCUT2D eigenvalue weighted by Crippen LogP contribution is 2.18. The molecule has 17 heavy (non-hydrogen) atoms. The molecule has 0 aliphatic carbocycles. The number of carboxylic acid groups (broad SMARTS) is 1. The van der Waals surface area contributed by atoms with Crippen LogP contribution in [-0.4, -0.2) is 35.8 Å². The average molecular weight is 236 g/mol. The van der Waals surface area contributed by atoms with Crippen LogP contribution in [0.2, 0.25) is 0 Å². The molecule has 0 radical (unpaired) electrons. The molecule has 0 bridgehead atoms. The van der Waals surface area contributed by atoms with Crippen molar-refractivity contribution < 1.29 is 14.6 Å². The molecule has 0 amide bonds. The summed E-state index contributed by atoms with van der Waals surface area (Å²) in [4.78, 5) is 14.8.